The van der Waals surface area contributed by atoms with Gasteiger partial charge < -0.3 is 10.6 Å². The molecule has 3 N–H and O–H groups in total. The lowest BCUT2D eigenvalue weighted by molar-refractivity contribution is 0.588. The Kier molecular flexibility index (Phi) is 5.81. The lowest BCUT2D eigenvalue weighted by Crippen LogP contribution is -2.18. The van der Waals surface area contributed by atoms with E-state index in [9.17, 15) is 8.42 Å². The predicted molar refractivity (Wildman–Crippen MR) is 108 cm³/mol. The van der Waals surface area contributed by atoms with Gasteiger partial charge in [-0.15, -0.1) is 0 Å². The molecule has 10 heteroatoms. The van der Waals surface area contributed by atoms with Gasteiger partial charge in [0, 0.05) is 27.5 Å². The van der Waals surface area contributed by atoms with Crippen LogP contribution in [0.15, 0.2) is 59.8 Å². The molecule has 0 aliphatic heterocycles. The van der Waals surface area contributed by atoms with Gasteiger partial charge in [-0.05, 0) is 43.4 Å². The van der Waals surface area contributed by atoms with Crippen molar-refractivity contribution in [3.63, 3.8) is 0 Å². The van der Waals surface area contributed by atoms with E-state index in [0.717, 1.165) is 0 Å². The van der Waals surface area contributed by atoms with Crippen LogP contribution in [-0.2, 0) is 10.0 Å². The summed E-state index contributed by atoms with van der Waals surface area (Å²) in [5.41, 5.74) is 1.25. The highest BCUT2D eigenvalue weighted by molar-refractivity contribution is 7.89. The zero-order valence-corrected chi connectivity index (χ0v) is 16.4. The summed E-state index contributed by atoms with van der Waals surface area (Å²) in [6.07, 6.45) is 1.38. The van der Waals surface area contributed by atoms with Gasteiger partial charge in [-0.2, -0.15) is 0 Å². The Morgan fingerprint density at radius 1 is 0.852 bits per heavy atom. The van der Waals surface area contributed by atoms with Crippen LogP contribution in [-0.4, -0.2) is 25.4 Å². The monoisotopic (exact) mass is 423 g/mol. The molecule has 3 aromatic rings. The smallest absolute Gasteiger partial charge is 0.240 e. The van der Waals surface area contributed by atoms with E-state index < -0.39 is 10.0 Å². The minimum Gasteiger partial charge on any atom is -0.340 e. The number of anilines is 4. The SMILES string of the molecule is CNS(=O)(=O)c1cccc(Nc2cc(Nc3cc(Cl)cc(Cl)c3)ncn2)c1. The number of hydrogen-bond acceptors (Lipinski definition) is 6. The second-order valence-electron chi connectivity index (χ2n) is 5.43. The molecule has 0 aliphatic rings. The zero-order valence-electron chi connectivity index (χ0n) is 14.1. The average molecular weight is 424 g/mol. The first-order valence-electron chi connectivity index (χ1n) is 7.71. The van der Waals surface area contributed by atoms with Crippen LogP contribution in [0.4, 0.5) is 23.0 Å². The van der Waals surface area contributed by atoms with Gasteiger partial charge in [0.1, 0.15) is 18.0 Å². The topological polar surface area (TPSA) is 96.0 Å². The third-order valence-electron chi connectivity index (χ3n) is 3.49. The summed E-state index contributed by atoms with van der Waals surface area (Å²) >= 11 is 12.0. The fourth-order valence-corrected chi connectivity index (χ4v) is 3.58. The Labute approximate surface area is 166 Å². The Morgan fingerprint density at radius 2 is 1.48 bits per heavy atom. The van der Waals surface area contributed by atoms with Crippen LogP contribution in [0.5, 0.6) is 0 Å². The molecule has 0 atom stereocenters. The molecular formula is C17H15Cl2N5O2S. The highest BCUT2D eigenvalue weighted by atomic mass is 35.5. The van der Waals surface area contributed by atoms with Crippen molar-refractivity contribution in [3.05, 3.63) is 64.9 Å². The van der Waals surface area contributed by atoms with Crippen LogP contribution in [0.2, 0.25) is 10.0 Å². The number of sulfonamides is 1. The van der Waals surface area contributed by atoms with Crippen molar-refractivity contribution in [1.82, 2.24) is 14.7 Å². The summed E-state index contributed by atoms with van der Waals surface area (Å²) in [7, 11) is -2.17. The minimum atomic E-state index is -3.53. The summed E-state index contributed by atoms with van der Waals surface area (Å²) < 4.78 is 26.1. The molecule has 0 saturated heterocycles. The summed E-state index contributed by atoms with van der Waals surface area (Å²) in [4.78, 5) is 8.44. The molecule has 0 bridgehead atoms. The Bertz CT molecular complexity index is 1060. The van der Waals surface area contributed by atoms with E-state index in [-0.39, 0.29) is 4.90 Å². The Balaban J connectivity index is 1.81. The molecule has 0 spiro atoms. The molecule has 3 rings (SSSR count). The van der Waals surface area contributed by atoms with Crippen LogP contribution in [0.3, 0.4) is 0 Å². The third-order valence-corrected chi connectivity index (χ3v) is 5.34. The van der Waals surface area contributed by atoms with Crippen LogP contribution in [0.1, 0.15) is 0 Å². The molecule has 0 aliphatic carbocycles. The molecule has 0 saturated carbocycles. The zero-order chi connectivity index (χ0) is 19.4. The average Bonchev–Trinajstić information content (AvgIpc) is 2.61. The van der Waals surface area contributed by atoms with Gasteiger partial charge in [0.25, 0.3) is 0 Å². The van der Waals surface area contributed by atoms with Crippen LogP contribution in [0, 0.1) is 0 Å². The summed E-state index contributed by atoms with van der Waals surface area (Å²) in [6.45, 7) is 0. The highest BCUT2D eigenvalue weighted by Crippen LogP contribution is 2.26. The van der Waals surface area contributed by atoms with E-state index in [4.69, 9.17) is 23.2 Å². The maximum absolute atomic E-state index is 11.9. The summed E-state index contributed by atoms with van der Waals surface area (Å²) in [5, 5.41) is 7.14. The van der Waals surface area contributed by atoms with E-state index in [2.05, 4.69) is 25.3 Å². The van der Waals surface area contributed by atoms with Crippen LogP contribution < -0.4 is 15.4 Å². The van der Waals surface area contributed by atoms with E-state index >= 15 is 0 Å². The van der Waals surface area contributed by atoms with Crippen molar-refractivity contribution in [2.75, 3.05) is 17.7 Å². The van der Waals surface area contributed by atoms with Crippen LogP contribution >= 0.6 is 23.2 Å². The third kappa shape index (κ3) is 5.08. The number of halogens is 2. The molecule has 0 amide bonds. The number of nitrogens with zero attached hydrogens (tertiary/aromatic N) is 2. The number of hydrogen-bond donors (Lipinski definition) is 3. The molecule has 1 aromatic heterocycles. The first-order valence-corrected chi connectivity index (χ1v) is 9.95. The number of nitrogens with one attached hydrogen (secondary N) is 3. The van der Waals surface area contributed by atoms with Gasteiger partial charge in [-0.1, -0.05) is 29.3 Å². The van der Waals surface area contributed by atoms with E-state index in [0.29, 0.717) is 33.1 Å². The maximum atomic E-state index is 11.9. The van der Waals surface area contributed by atoms with Gasteiger partial charge in [0.2, 0.25) is 10.0 Å². The fourth-order valence-electron chi connectivity index (χ4n) is 2.27. The number of aromatic nitrogens is 2. The van der Waals surface area contributed by atoms with Gasteiger partial charge >= 0.3 is 0 Å². The van der Waals surface area contributed by atoms with Crippen molar-refractivity contribution in [2.24, 2.45) is 0 Å². The van der Waals surface area contributed by atoms with Crippen molar-refractivity contribution in [3.8, 4) is 0 Å². The van der Waals surface area contributed by atoms with Crippen molar-refractivity contribution >= 4 is 56.2 Å². The van der Waals surface area contributed by atoms with E-state index in [1.807, 2.05) is 0 Å². The van der Waals surface area contributed by atoms with Crippen molar-refractivity contribution < 1.29 is 8.42 Å². The molecule has 0 unspecified atom stereocenters. The molecule has 27 heavy (non-hydrogen) atoms. The second kappa shape index (κ2) is 8.10. The Morgan fingerprint density at radius 3 is 2.11 bits per heavy atom. The van der Waals surface area contributed by atoms with Gasteiger partial charge in [0.05, 0.1) is 4.90 Å². The predicted octanol–water partition coefficient (Wildman–Crippen LogP) is 4.18. The standard InChI is InChI=1S/C17H15Cl2N5O2S/c1-20-27(25,26)15-4-2-3-13(8-15)23-16-9-17(22-10-21-16)24-14-6-11(18)5-12(19)7-14/h2-10,20H,1H3,(H2,21,22,23,24). The molecule has 0 radical (unpaired) electrons. The quantitative estimate of drug-likeness (QED) is 0.550. The first-order chi connectivity index (χ1) is 12.9. The van der Waals surface area contributed by atoms with Gasteiger partial charge in [-0.3, -0.25) is 0 Å². The van der Waals surface area contributed by atoms with Crippen LogP contribution in [0.25, 0.3) is 0 Å². The van der Waals surface area contributed by atoms with Crippen molar-refractivity contribution in [2.45, 2.75) is 4.90 Å². The van der Waals surface area contributed by atoms with Crippen molar-refractivity contribution in [1.29, 1.82) is 0 Å². The molecule has 1 heterocycles. The lowest BCUT2D eigenvalue weighted by Gasteiger charge is -2.10. The van der Waals surface area contributed by atoms with E-state index in [1.54, 1.807) is 36.4 Å². The van der Waals surface area contributed by atoms with Gasteiger partial charge in [-0.25, -0.2) is 23.1 Å². The number of rotatable bonds is 6. The maximum Gasteiger partial charge on any atom is 0.240 e. The van der Waals surface area contributed by atoms with Gasteiger partial charge in [0.15, 0.2) is 0 Å². The summed E-state index contributed by atoms with van der Waals surface area (Å²) in [6, 6.07) is 13.1. The van der Waals surface area contributed by atoms with E-state index in [1.165, 1.54) is 25.5 Å². The fraction of sp³-hybridized carbons (Fsp3) is 0.0588. The molecule has 7 nitrogen and oxygen atoms in total. The molecular weight excluding hydrogens is 409 g/mol. The first kappa shape index (κ1) is 19.4. The number of benzene rings is 2. The Hall–Kier alpha value is -2.39. The lowest BCUT2D eigenvalue weighted by atomic mass is 10.3. The molecule has 140 valence electrons. The molecule has 2 aromatic carbocycles. The summed E-state index contributed by atoms with van der Waals surface area (Å²) in [5.74, 6) is 1.00. The second-order valence-corrected chi connectivity index (χ2v) is 8.19. The largest absolute Gasteiger partial charge is 0.340 e. The normalized spacial score (nSPS) is 11.2. The highest BCUT2D eigenvalue weighted by Gasteiger charge is 2.11. The minimum absolute atomic E-state index is 0.149. The molecule has 0 fully saturated rings.